The molecule has 0 atom stereocenters. The summed E-state index contributed by atoms with van der Waals surface area (Å²) >= 11 is 0. The van der Waals surface area contributed by atoms with E-state index in [0.29, 0.717) is 5.56 Å². The molecular formula is C16H23NO2. The van der Waals surface area contributed by atoms with Gasteiger partial charge in [-0.25, -0.2) is 4.79 Å². The number of hydrogen-bond donors (Lipinski definition) is 1. The molecule has 1 aromatic rings. The Morgan fingerprint density at radius 2 is 2.11 bits per heavy atom. The lowest BCUT2D eigenvalue weighted by Crippen LogP contribution is -2.33. The molecule has 0 saturated heterocycles. The minimum absolute atomic E-state index is 0.406. The summed E-state index contributed by atoms with van der Waals surface area (Å²) in [6.07, 6.45) is 4.52. The number of nitrogens with zero attached hydrogens (tertiary/aromatic N) is 1. The minimum Gasteiger partial charge on any atom is -0.478 e. The SMILES string of the molecule is CCC(CC)CN1CCCc2cc(C(=O)O)ccc21. The zero-order valence-electron chi connectivity index (χ0n) is 11.9. The third kappa shape index (κ3) is 3.09. The average Bonchev–Trinajstić information content (AvgIpc) is 2.44. The van der Waals surface area contributed by atoms with E-state index in [0.717, 1.165) is 31.8 Å². The number of aryl methyl sites for hydroxylation is 1. The molecule has 1 N–H and O–H groups in total. The second kappa shape index (κ2) is 6.09. The van der Waals surface area contributed by atoms with Crippen molar-refractivity contribution in [2.45, 2.75) is 39.5 Å². The quantitative estimate of drug-likeness (QED) is 0.880. The largest absolute Gasteiger partial charge is 0.478 e. The molecule has 0 bridgehead atoms. The molecule has 3 nitrogen and oxygen atoms in total. The highest BCUT2D eigenvalue weighted by Gasteiger charge is 2.20. The Kier molecular flexibility index (Phi) is 4.46. The molecule has 1 aliphatic heterocycles. The zero-order chi connectivity index (χ0) is 13.8. The summed E-state index contributed by atoms with van der Waals surface area (Å²) in [6, 6.07) is 5.56. The van der Waals surface area contributed by atoms with Gasteiger partial charge in [0.05, 0.1) is 5.56 Å². The number of carboxylic acid groups (broad SMARTS) is 1. The van der Waals surface area contributed by atoms with E-state index in [1.807, 2.05) is 12.1 Å². The van der Waals surface area contributed by atoms with Crippen molar-refractivity contribution in [3.05, 3.63) is 29.3 Å². The van der Waals surface area contributed by atoms with Crippen LogP contribution in [-0.2, 0) is 6.42 Å². The Hall–Kier alpha value is -1.51. The number of hydrogen-bond acceptors (Lipinski definition) is 2. The second-order valence-corrected chi connectivity index (χ2v) is 5.38. The molecule has 1 heterocycles. The maximum atomic E-state index is 11.0. The topological polar surface area (TPSA) is 40.5 Å². The summed E-state index contributed by atoms with van der Waals surface area (Å²) in [5.41, 5.74) is 2.84. The lowest BCUT2D eigenvalue weighted by Gasteiger charge is -2.34. The fraction of sp³-hybridized carbons (Fsp3) is 0.562. The fourth-order valence-corrected chi connectivity index (χ4v) is 2.86. The summed E-state index contributed by atoms with van der Waals surface area (Å²) < 4.78 is 0. The van der Waals surface area contributed by atoms with E-state index in [1.54, 1.807) is 6.07 Å². The van der Waals surface area contributed by atoms with Crippen LogP contribution < -0.4 is 4.90 Å². The average molecular weight is 261 g/mol. The molecule has 0 fully saturated rings. The molecule has 19 heavy (non-hydrogen) atoms. The molecule has 0 amide bonds. The molecule has 0 unspecified atom stereocenters. The maximum absolute atomic E-state index is 11.0. The molecule has 0 spiro atoms. The van der Waals surface area contributed by atoms with Crippen LogP contribution in [-0.4, -0.2) is 24.2 Å². The van der Waals surface area contributed by atoms with Crippen LogP contribution in [0.3, 0.4) is 0 Å². The van der Waals surface area contributed by atoms with Gasteiger partial charge in [-0.2, -0.15) is 0 Å². The number of benzene rings is 1. The second-order valence-electron chi connectivity index (χ2n) is 5.38. The predicted octanol–water partition coefficient (Wildman–Crippen LogP) is 3.57. The van der Waals surface area contributed by atoms with Crippen molar-refractivity contribution in [1.82, 2.24) is 0 Å². The van der Waals surface area contributed by atoms with E-state index >= 15 is 0 Å². The molecule has 0 saturated carbocycles. The predicted molar refractivity (Wildman–Crippen MR) is 78.0 cm³/mol. The smallest absolute Gasteiger partial charge is 0.335 e. The number of rotatable bonds is 5. The molecule has 0 aromatic heterocycles. The summed E-state index contributed by atoms with van der Waals surface area (Å²) in [5.74, 6) is -0.106. The van der Waals surface area contributed by atoms with Crippen molar-refractivity contribution in [1.29, 1.82) is 0 Å². The number of anilines is 1. The third-order valence-corrected chi connectivity index (χ3v) is 4.17. The van der Waals surface area contributed by atoms with Gasteiger partial charge in [0.25, 0.3) is 0 Å². The molecule has 0 aliphatic carbocycles. The lowest BCUT2D eigenvalue weighted by atomic mass is 9.96. The third-order valence-electron chi connectivity index (χ3n) is 4.17. The van der Waals surface area contributed by atoms with Crippen molar-refractivity contribution >= 4 is 11.7 Å². The van der Waals surface area contributed by atoms with Gasteiger partial charge < -0.3 is 10.0 Å². The van der Waals surface area contributed by atoms with E-state index in [-0.39, 0.29) is 0 Å². The standard InChI is InChI=1S/C16H23NO2/c1-3-12(4-2)11-17-9-5-6-13-10-14(16(18)19)7-8-15(13)17/h7-8,10,12H,3-6,9,11H2,1-2H3,(H,18,19). The van der Waals surface area contributed by atoms with Gasteiger partial charge in [-0.15, -0.1) is 0 Å². The van der Waals surface area contributed by atoms with Crippen LogP contribution >= 0.6 is 0 Å². The molecule has 1 aliphatic rings. The first-order valence-corrected chi connectivity index (χ1v) is 7.26. The Labute approximate surface area is 115 Å². The van der Waals surface area contributed by atoms with Gasteiger partial charge in [-0.1, -0.05) is 26.7 Å². The van der Waals surface area contributed by atoms with Gasteiger partial charge in [0.2, 0.25) is 0 Å². The van der Waals surface area contributed by atoms with Crippen LogP contribution in [0.1, 0.15) is 49.0 Å². The Balaban J connectivity index is 2.22. The van der Waals surface area contributed by atoms with Crippen molar-refractivity contribution < 1.29 is 9.90 Å². The van der Waals surface area contributed by atoms with Crippen LogP contribution in [0, 0.1) is 5.92 Å². The summed E-state index contributed by atoms with van der Waals surface area (Å²) in [7, 11) is 0. The van der Waals surface area contributed by atoms with Crippen LogP contribution in [0.15, 0.2) is 18.2 Å². The van der Waals surface area contributed by atoms with Gasteiger partial charge >= 0.3 is 5.97 Å². The highest BCUT2D eigenvalue weighted by molar-refractivity contribution is 5.88. The number of carbonyl (C=O) groups is 1. The van der Waals surface area contributed by atoms with Crippen LogP contribution in [0.25, 0.3) is 0 Å². The Morgan fingerprint density at radius 1 is 1.37 bits per heavy atom. The number of aromatic carboxylic acids is 1. The van der Waals surface area contributed by atoms with Crippen LogP contribution in [0.5, 0.6) is 0 Å². The van der Waals surface area contributed by atoms with Crippen molar-refractivity contribution in [3.8, 4) is 0 Å². The van der Waals surface area contributed by atoms with E-state index in [9.17, 15) is 4.79 Å². The maximum Gasteiger partial charge on any atom is 0.335 e. The lowest BCUT2D eigenvalue weighted by molar-refractivity contribution is 0.0697. The highest BCUT2D eigenvalue weighted by atomic mass is 16.4. The van der Waals surface area contributed by atoms with Gasteiger partial charge in [0.15, 0.2) is 0 Å². The minimum atomic E-state index is -0.833. The monoisotopic (exact) mass is 261 g/mol. The highest BCUT2D eigenvalue weighted by Crippen LogP contribution is 2.29. The van der Waals surface area contributed by atoms with E-state index in [4.69, 9.17) is 5.11 Å². The van der Waals surface area contributed by atoms with E-state index in [2.05, 4.69) is 18.7 Å². The van der Waals surface area contributed by atoms with Gasteiger partial charge in [0.1, 0.15) is 0 Å². The molecule has 104 valence electrons. The van der Waals surface area contributed by atoms with Gasteiger partial charge in [-0.05, 0) is 42.5 Å². The molecule has 1 aromatic carbocycles. The first-order chi connectivity index (χ1) is 9.15. The summed E-state index contributed by atoms with van der Waals surface area (Å²) in [5, 5.41) is 9.06. The number of carboxylic acids is 1. The first kappa shape index (κ1) is 13.9. The van der Waals surface area contributed by atoms with Gasteiger partial charge in [0, 0.05) is 18.8 Å². The molecule has 3 heteroatoms. The van der Waals surface area contributed by atoms with E-state index in [1.165, 1.54) is 24.1 Å². The fourth-order valence-electron chi connectivity index (χ4n) is 2.86. The van der Waals surface area contributed by atoms with Gasteiger partial charge in [-0.3, -0.25) is 0 Å². The Bertz CT molecular complexity index is 452. The molecular weight excluding hydrogens is 238 g/mol. The van der Waals surface area contributed by atoms with Crippen molar-refractivity contribution in [2.24, 2.45) is 5.92 Å². The Morgan fingerprint density at radius 3 is 2.74 bits per heavy atom. The number of fused-ring (bicyclic) bond motifs is 1. The summed E-state index contributed by atoms with van der Waals surface area (Å²) in [4.78, 5) is 13.5. The normalized spacial score (nSPS) is 14.6. The van der Waals surface area contributed by atoms with Crippen LogP contribution in [0.4, 0.5) is 5.69 Å². The first-order valence-electron chi connectivity index (χ1n) is 7.26. The van der Waals surface area contributed by atoms with Crippen molar-refractivity contribution in [2.75, 3.05) is 18.0 Å². The summed E-state index contributed by atoms with van der Waals surface area (Å²) in [6.45, 7) is 6.67. The zero-order valence-corrected chi connectivity index (χ0v) is 11.9. The van der Waals surface area contributed by atoms with Crippen LogP contribution in [0.2, 0.25) is 0 Å². The molecule has 0 radical (unpaired) electrons. The molecule has 2 rings (SSSR count). The van der Waals surface area contributed by atoms with E-state index < -0.39 is 5.97 Å². The van der Waals surface area contributed by atoms with Crippen molar-refractivity contribution in [3.63, 3.8) is 0 Å².